The highest BCUT2D eigenvalue weighted by molar-refractivity contribution is 5.98. The minimum absolute atomic E-state index is 0.0819. The van der Waals surface area contributed by atoms with Gasteiger partial charge >= 0.3 is 5.97 Å². The molecule has 2 heterocycles. The molecule has 1 amide bonds. The Morgan fingerprint density at radius 3 is 2.52 bits per heavy atom. The van der Waals surface area contributed by atoms with Gasteiger partial charge in [0, 0.05) is 6.42 Å². The maximum absolute atomic E-state index is 14.0. The van der Waals surface area contributed by atoms with Gasteiger partial charge in [0.1, 0.15) is 12.1 Å². The van der Waals surface area contributed by atoms with Crippen LogP contribution in [0.1, 0.15) is 22.5 Å². The van der Waals surface area contributed by atoms with Crippen LogP contribution in [0.25, 0.3) is 5.69 Å². The number of aromatic nitrogens is 2. The zero-order valence-electron chi connectivity index (χ0n) is 17.2. The van der Waals surface area contributed by atoms with Crippen LogP contribution in [0, 0.1) is 12.7 Å². The fourth-order valence-corrected chi connectivity index (χ4v) is 3.79. The Balaban J connectivity index is 1.59. The number of rotatable bonds is 5. The van der Waals surface area contributed by atoms with Crippen LogP contribution in [-0.2, 0) is 9.53 Å². The first-order valence-corrected chi connectivity index (χ1v) is 9.89. The molecule has 4 rings (SSSR count). The quantitative estimate of drug-likeness (QED) is 0.590. The lowest BCUT2D eigenvalue weighted by molar-refractivity contribution is -0.145. The van der Waals surface area contributed by atoms with Crippen molar-refractivity contribution in [3.05, 3.63) is 77.9 Å². The standard InChI is InChI=1S/C23H22FN3O4/c1-15-18(13-25-27(15)16-8-4-3-5-9-16)22(28)26-14-17(12-20(26)23(29)30-2)31-21-11-7-6-10-19(21)24/h3-11,13,17,20H,12,14H2,1-2H3/t17-,20+/m1/s1. The van der Waals surface area contributed by atoms with Crippen molar-refractivity contribution in [2.24, 2.45) is 0 Å². The average Bonchev–Trinajstić information content (AvgIpc) is 3.39. The molecular formula is C23H22FN3O4. The van der Waals surface area contributed by atoms with Crippen molar-refractivity contribution in [3.8, 4) is 11.4 Å². The molecule has 0 unspecified atom stereocenters. The summed E-state index contributed by atoms with van der Waals surface area (Å²) in [4.78, 5) is 27.1. The smallest absolute Gasteiger partial charge is 0.328 e. The third-order valence-electron chi connectivity index (χ3n) is 5.37. The number of esters is 1. The number of para-hydroxylation sites is 2. The molecule has 7 nitrogen and oxygen atoms in total. The first kappa shape index (κ1) is 20.6. The molecule has 0 saturated carbocycles. The monoisotopic (exact) mass is 423 g/mol. The minimum Gasteiger partial charge on any atom is -0.485 e. The van der Waals surface area contributed by atoms with Gasteiger partial charge in [-0.15, -0.1) is 0 Å². The Morgan fingerprint density at radius 1 is 1.10 bits per heavy atom. The Labute approximate surface area is 179 Å². The van der Waals surface area contributed by atoms with Crippen LogP contribution >= 0.6 is 0 Å². The number of hydrogen-bond donors (Lipinski definition) is 0. The number of ether oxygens (including phenoxy) is 2. The highest BCUT2D eigenvalue weighted by Crippen LogP contribution is 2.28. The molecule has 1 fully saturated rings. The first-order valence-electron chi connectivity index (χ1n) is 9.89. The number of carbonyl (C=O) groups is 2. The van der Waals surface area contributed by atoms with Gasteiger partial charge in [-0.05, 0) is 31.2 Å². The fourth-order valence-electron chi connectivity index (χ4n) is 3.79. The van der Waals surface area contributed by atoms with Gasteiger partial charge in [-0.1, -0.05) is 30.3 Å². The molecule has 1 aromatic heterocycles. The zero-order chi connectivity index (χ0) is 22.0. The van der Waals surface area contributed by atoms with Crippen molar-refractivity contribution in [2.45, 2.75) is 25.5 Å². The van der Waals surface area contributed by atoms with E-state index in [4.69, 9.17) is 9.47 Å². The van der Waals surface area contributed by atoms with E-state index in [2.05, 4.69) is 5.10 Å². The Morgan fingerprint density at radius 2 is 1.81 bits per heavy atom. The summed E-state index contributed by atoms with van der Waals surface area (Å²) in [5.41, 5.74) is 1.85. The molecule has 2 atom stereocenters. The van der Waals surface area contributed by atoms with Gasteiger partial charge in [-0.3, -0.25) is 4.79 Å². The summed E-state index contributed by atoms with van der Waals surface area (Å²) in [6.45, 7) is 1.92. The Hall–Kier alpha value is -3.68. The summed E-state index contributed by atoms with van der Waals surface area (Å²) in [5, 5.41) is 4.34. The number of halogens is 1. The van der Waals surface area contributed by atoms with Crippen molar-refractivity contribution in [1.29, 1.82) is 0 Å². The summed E-state index contributed by atoms with van der Waals surface area (Å²) in [5.74, 6) is -1.31. The van der Waals surface area contributed by atoms with E-state index in [9.17, 15) is 14.0 Å². The van der Waals surface area contributed by atoms with Gasteiger partial charge in [-0.25, -0.2) is 13.9 Å². The Kier molecular flexibility index (Phi) is 5.70. The second-order valence-electron chi connectivity index (χ2n) is 7.29. The van der Waals surface area contributed by atoms with Crippen LogP contribution in [0.2, 0.25) is 0 Å². The van der Waals surface area contributed by atoms with Crippen LogP contribution in [0.5, 0.6) is 5.75 Å². The molecule has 8 heteroatoms. The molecule has 0 bridgehead atoms. The van der Waals surface area contributed by atoms with E-state index >= 15 is 0 Å². The van der Waals surface area contributed by atoms with E-state index in [0.29, 0.717) is 11.3 Å². The van der Waals surface area contributed by atoms with Crippen molar-refractivity contribution >= 4 is 11.9 Å². The molecule has 0 radical (unpaired) electrons. The molecule has 2 aromatic carbocycles. The van der Waals surface area contributed by atoms with E-state index < -0.39 is 23.9 Å². The number of likely N-dealkylation sites (tertiary alicyclic amines) is 1. The zero-order valence-corrected chi connectivity index (χ0v) is 17.2. The summed E-state index contributed by atoms with van der Waals surface area (Å²) < 4.78 is 26.3. The van der Waals surface area contributed by atoms with E-state index in [1.165, 1.54) is 30.3 Å². The molecule has 1 saturated heterocycles. The lowest BCUT2D eigenvalue weighted by Crippen LogP contribution is -2.41. The second-order valence-corrected chi connectivity index (χ2v) is 7.29. The van der Waals surface area contributed by atoms with Gasteiger partial charge in [0.25, 0.3) is 5.91 Å². The molecule has 3 aromatic rings. The number of hydrogen-bond acceptors (Lipinski definition) is 5. The molecule has 0 spiro atoms. The van der Waals surface area contributed by atoms with Gasteiger partial charge in [0.05, 0.1) is 36.8 Å². The highest BCUT2D eigenvalue weighted by atomic mass is 19.1. The largest absolute Gasteiger partial charge is 0.485 e. The van der Waals surface area contributed by atoms with Crippen molar-refractivity contribution < 1.29 is 23.5 Å². The second kappa shape index (κ2) is 8.59. The van der Waals surface area contributed by atoms with E-state index in [1.807, 2.05) is 30.3 Å². The predicted molar refractivity (Wildman–Crippen MR) is 111 cm³/mol. The van der Waals surface area contributed by atoms with Crippen LogP contribution in [0.3, 0.4) is 0 Å². The maximum Gasteiger partial charge on any atom is 0.328 e. The summed E-state index contributed by atoms with van der Waals surface area (Å²) in [6.07, 6.45) is 1.15. The number of methoxy groups -OCH3 is 1. The third-order valence-corrected chi connectivity index (χ3v) is 5.37. The van der Waals surface area contributed by atoms with Gasteiger partial charge in [0.2, 0.25) is 0 Å². The number of carbonyl (C=O) groups excluding carboxylic acids is 2. The van der Waals surface area contributed by atoms with Crippen molar-refractivity contribution in [3.63, 3.8) is 0 Å². The summed E-state index contributed by atoms with van der Waals surface area (Å²) in [7, 11) is 1.27. The van der Waals surface area contributed by atoms with Gasteiger partial charge in [-0.2, -0.15) is 5.10 Å². The SMILES string of the molecule is COC(=O)[C@@H]1C[C@@H](Oc2ccccc2F)CN1C(=O)c1cnn(-c2ccccc2)c1C. The fraction of sp³-hybridized carbons (Fsp3) is 0.261. The molecule has 0 aliphatic carbocycles. The van der Waals surface area contributed by atoms with Gasteiger partial charge < -0.3 is 14.4 Å². The first-order chi connectivity index (χ1) is 15.0. The highest BCUT2D eigenvalue weighted by Gasteiger charge is 2.42. The average molecular weight is 423 g/mol. The molecule has 31 heavy (non-hydrogen) atoms. The number of nitrogens with zero attached hydrogens (tertiary/aromatic N) is 3. The summed E-state index contributed by atoms with van der Waals surface area (Å²) in [6, 6.07) is 14.7. The minimum atomic E-state index is -0.825. The topological polar surface area (TPSA) is 73.7 Å². The van der Waals surface area contributed by atoms with Crippen LogP contribution in [0.15, 0.2) is 60.8 Å². The summed E-state index contributed by atoms with van der Waals surface area (Å²) >= 11 is 0. The number of benzene rings is 2. The van der Waals surface area contributed by atoms with Crippen LogP contribution < -0.4 is 4.74 Å². The molecule has 1 aliphatic rings. The van der Waals surface area contributed by atoms with Crippen molar-refractivity contribution in [2.75, 3.05) is 13.7 Å². The van der Waals surface area contributed by atoms with E-state index in [0.717, 1.165) is 5.69 Å². The lowest BCUT2D eigenvalue weighted by atomic mass is 10.1. The predicted octanol–water partition coefficient (Wildman–Crippen LogP) is 3.15. The van der Waals surface area contributed by atoms with Crippen LogP contribution in [-0.4, -0.2) is 52.4 Å². The number of amides is 1. The Bertz CT molecular complexity index is 1100. The molecule has 160 valence electrons. The maximum atomic E-state index is 14.0. The van der Waals surface area contributed by atoms with Gasteiger partial charge in [0.15, 0.2) is 11.6 Å². The van der Waals surface area contributed by atoms with E-state index in [1.54, 1.807) is 23.7 Å². The van der Waals surface area contributed by atoms with Crippen molar-refractivity contribution in [1.82, 2.24) is 14.7 Å². The van der Waals surface area contributed by atoms with Crippen LogP contribution in [0.4, 0.5) is 4.39 Å². The lowest BCUT2D eigenvalue weighted by Gasteiger charge is -2.22. The molecule has 0 N–H and O–H groups in total. The normalized spacial score (nSPS) is 18.1. The third kappa shape index (κ3) is 4.01. The molecule has 1 aliphatic heterocycles. The molecular weight excluding hydrogens is 401 g/mol. The van der Waals surface area contributed by atoms with E-state index in [-0.39, 0.29) is 24.6 Å².